The van der Waals surface area contributed by atoms with Crippen molar-refractivity contribution in [3.05, 3.63) is 34.9 Å². The highest BCUT2D eigenvalue weighted by Crippen LogP contribution is 2.14. The van der Waals surface area contributed by atoms with Gasteiger partial charge in [-0.05, 0) is 44.9 Å². The summed E-state index contributed by atoms with van der Waals surface area (Å²) in [5.41, 5.74) is 2.41. The van der Waals surface area contributed by atoms with Gasteiger partial charge in [-0.2, -0.15) is 0 Å². The average Bonchev–Trinajstić information content (AvgIpc) is 2.32. The van der Waals surface area contributed by atoms with E-state index in [0.717, 1.165) is 11.1 Å². The normalized spacial score (nSPS) is 11.8. The molecule has 0 aliphatic carbocycles. The minimum atomic E-state index is -0.780. The van der Waals surface area contributed by atoms with Crippen molar-refractivity contribution in [1.82, 2.24) is 5.32 Å². The number of benzene rings is 1. The number of likely N-dealkylation sites (N-methyl/N-ethyl adjacent to an activating group) is 1. The van der Waals surface area contributed by atoms with Gasteiger partial charge in [-0.15, -0.1) is 0 Å². The molecule has 0 heterocycles. The van der Waals surface area contributed by atoms with Gasteiger partial charge in [0.05, 0.1) is 5.56 Å². The second-order valence-corrected chi connectivity index (χ2v) is 4.19. The maximum Gasteiger partial charge on any atom is 0.339 e. The first-order valence-corrected chi connectivity index (χ1v) is 6.02. The lowest BCUT2D eigenvalue weighted by atomic mass is 10.0. The van der Waals surface area contributed by atoms with Crippen LogP contribution in [0.3, 0.4) is 0 Å². The first-order chi connectivity index (χ1) is 8.47. The lowest BCUT2D eigenvalue weighted by Gasteiger charge is -2.14. The maximum absolute atomic E-state index is 11.9. The van der Waals surface area contributed by atoms with Crippen LogP contribution in [0.2, 0.25) is 0 Å². The second-order valence-electron chi connectivity index (χ2n) is 4.19. The molecule has 1 N–H and O–H groups in total. The topological polar surface area (TPSA) is 55.4 Å². The van der Waals surface area contributed by atoms with Crippen LogP contribution in [0.25, 0.3) is 0 Å². The molecule has 1 aromatic carbocycles. The van der Waals surface area contributed by atoms with Crippen molar-refractivity contribution in [2.24, 2.45) is 0 Å². The van der Waals surface area contributed by atoms with E-state index in [-0.39, 0.29) is 5.91 Å². The summed E-state index contributed by atoms with van der Waals surface area (Å²) < 4.78 is 5.14. The minimum Gasteiger partial charge on any atom is -0.449 e. The minimum absolute atomic E-state index is 0.281. The van der Waals surface area contributed by atoms with Crippen LogP contribution in [-0.4, -0.2) is 24.5 Å². The van der Waals surface area contributed by atoms with E-state index >= 15 is 0 Å². The van der Waals surface area contributed by atoms with Crippen LogP contribution in [0.1, 0.15) is 35.3 Å². The van der Waals surface area contributed by atoms with E-state index < -0.39 is 12.1 Å². The highest BCUT2D eigenvalue weighted by Gasteiger charge is 2.19. The van der Waals surface area contributed by atoms with Gasteiger partial charge in [-0.1, -0.05) is 12.1 Å². The van der Waals surface area contributed by atoms with Crippen LogP contribution in [-0.2, 0) is 9.53 Å². The maximum atomic E-state index is 11.9. The van der Waals surface area contributed by atoms with E-state index in [1.165, 1.54) is 0 Å². The number of carbonyl (C=O) groups is 2. The second kappa shape index (κ2) is 6.19. The summed E-state index contributed by atoms with van der Waals surface area (Å²) in [5.74, 6) is -0.744. The fraction of sp³-hybridized carbons (Fsp3) is 0.429. The number of ether oxygens (including phenoxy) is 1. The fourth-order valence-electron chi connectivity index (χ4n) is 1.57. The van der Waals surface area contributed by atoms with Crippen molar-refractivity contribution >= 4 is 11.9 Å². The van der Waals surface area contributed by atoms with Crippen molar-refractivity contribution in [3.8, 4) is 0 Å². The Labute approximate surface area is 107 Å². The highest BCUT2D eigenvalue weighted by atomic mass is 16.5. The van der Waals surface area contributed by atoms with Gasteiger partial charge in [0, 0.05) is 6.54 Å². The number of carbonyl (C=O) groups excluding carboxylic acids is 2. The van der Waals surface area contributed by atoms with Crippen LogP contribution in [0.4, 0.5) is 0 Å². The van der Waals surface area contributed by atoms with E-state index in [1.807, 2.05) is 26.8 Å². The van der Waals surface area contributed by atoms with Gasteiger partial charge in [0.2, 0.25) is 0 Å². The zero-order chi connectivity index (χ0) is 13.7. The molecule has 0 radical (unpaired) electrons. The van der Waals surface area contributed by atoms with Crippen molar-refractivity contribution in [3.63, 3.8) is 0 Å². The third-order valence-electron chi connectivity index (χ3n) is 2.83. The standard InChI is InChI=1S/C14H19NO3/c1-5-15-13(16)11(4)18-14(17)12-8-6-7-9(2)10(12)3/h6-8,11H,5H2,1-4H3,(H,15,16)/t11-/m1/s1. The molecule has 0 aliphatic rings. The number of esters is 1. The van der Waals surface area contributed by atoms with E-state index in [9.17, 15) is 9.59 Å². The van der Waals surface area contributed by atoms with Crippen LogP contribution in [0.5, 0.6) is 0 Å². The number of rotatable bonds is 4. The zero-order valence-electron chi connectivity index (χ0n) is 11.2. The quantitative estimate of drug-likeness (QED) is 0.830. The van der Waals surface area contributed by atoms with Crippen LogP contribution >= 0.6 is 0 Å². The molecule has 18 heavy (non-hydrogen) atoms. The molecule has 0 aliphatic heterocycles. The molecule has 0 unspecified atom stereocenters. The molecule has 0 saturated heterocycles. The average molecular weight is 249 g/mol. The predicted octanol–water partition coefficient (Wildman–Crippen LogP) is 1.98. The Hall–Kier alpha value is -1.84. The summed E-state index contributed by atoms with van der Waals surface area (Å²) in [5, 5.41) is 2.61. The Morgan fingerprint density at radius 2 is 2.00 bits per heavy atom. The SMILES string of the molecule is CCNC(=O)[C@@H](C)OC(=O)c1cccc(C)c1C. The summed E-state index contributed by atoms with van der Waals surface area (Å²) in [6.07, 6.45) is -0.780. The molecule has 1 atom stereocenters. The Bertz CT molecular complexity index is 454. The smallest absolute Gasteiger partial charge is 0.339 e. The van der Waals surface area contributed by atoms with Crippen molar-refractivity contribution in [2.45, 2.75) is 33.8 Å². The van der Waals surface area contributed by atoms with Gasteiger partial charge in [-0.25, -0.2) is 4.79 Å². The van der Waals surface area contributed by atoms with Crippen molar-refractivity contribution < 1.29 is 14.3 Å². The zero-order valence-corrected chi connectivity index (χ0v) is 11.2. The van der Waals surface area contributed by atoms with Crippen LogP contribution in [0.15, 0.2) is 18.2 Å². The van der Waals surface area contributed by atoms with E-state index in [1.54, 1.807) is 19.1 Å². The van der Waals surface area contributed by atoms with Gasteiger partial charge >= 0.3 is 5.97 Å². The summed E-state index contributed by atoms with van der Waals surface area (Å²) in [6, 6.07) is 5.43. The molecule has 0 bridgehead atoms. The molecule has 0 fully saturated rings. The van der Waals surface area contributed by atoms with Gasteiger partial charge in [0.15, 0.2) is 6.10 Å². The molecule has 98 valence electrons. The summed E-state index contributed by atoms with van der Waals surface area (Å²) in [7, 11) is 0. The number of nitrogens with one attached hydrogen (secondary N) is 1. The predicted molar refractivity (Wildman–Crippen MR) is 69.5 cm³/mol. The van der Waals surface area contributed by atoms with E-state index in [2.05, 4.69) is 5.32 Å². The van der Waals surface area contributed by atoms with Gasteiger partial charge in [-0.3, -0.25) is 4.79 Å². The molecular formula is C14H19NO3. The summed E-state index contributed by atoms with van der Waals surface area (Å²) in [6.45, 7) is 7.69. The Morgan fingerprint density at radius 3 is 2.61 bits per heavy atom. The Balaban J connectivity index is 2.77. The molecule has 0 aromatic heterocycles. The molecule has 1 rings (SSSR count). The van der Waals surface area contributed by atoms with Gasteiger partial charge in [0.25, 0.3) is 5.91 Å². The monoisotopic (exact) mass is 249 g/mol. The third kappa shape index (κ3) is 3.32. The molecule has 4 nitrogen and oxygen atoms in total. The number of aryl methyl sites for hydroxylation is 1. The Morgan fingerprint density at radius 1 is 1.33 bits per heavy atom. The first-order valence-electron chi connectivity index (χ1n) is 6.02. The fourth-order valence-corrected chi connectivity index (χ4v) is 1.57. The lowest BCUT2D eigenvalue weighted by Crippen LogP contribution is -2.35. The van der Waals surface area contributed by atoms with Crippen LogP contribution < -0.4 is 5.32 Å². The highest BCUT2D eigenvalue weighted by molar-refractivity contribution is 5.93. The lowest BCUT2D eigenvalue weighted by molar-refractivity contribution is -0.128. The van der Waals surface area contributed by atoms with Crippen molar-refractivity contribution in [1.29, 1.82) is 0 Å². The van der Waals surface area contributed by atoms with E-state index in [4.69, 9.17) is 4.74 Å². The number of hydrogen-bond donors (Lipinski definition) is 1. The summed E-state index contributed by atoms with van der Waals surface area (Å²) in [4.78, 5) is 23.4. The summed E-state index contributed by atoms with van der Waals surface area (Å²) >= 11 is 0. The molecular weight excluding hydrogens is 230 g/mol. The number of hydrogen-bond acceptors (Lipinski definition) is 3. The van der Waals surface area contributed by atoms with Crippen molar-refractivity contribution in [2.75, 3.05) is 6.54 Å². The van der Waals surface area contributed by atoms with Crippen LogP contribution in [0, 0.1) is 13.8 Å². The largest absolute Gasteiger partial charge is 0.449 e. The molecule has 0 spiro atoms. The van der Waals surface area contributed by atoms with Gasteiger partial charge in [0.1, 0.15) is 0 Å². The van der Waals surface area contributed by atoms with Gasteiger partial charge < -0.3 is 10.1 Å². The number of amides is 1. The third-order valence-corrected chi connectivity index (χ3v) is 2.83. The Kier molecular flexibility index (Phi) is 4.89. The molecule has 0 saturated carbocycles. The molecule has 1 aromatic rings. The first kappa shape index (κ1) is 14.2. The molecule has 1 amide bonds. The van der Waals surface area contributed by atoms with E-state index in [0.29, 0.717) is 12.1 Å². The molecule has 4 heteroatoms.